The number of aromatic nitrogens is 3. The Labute approximate surface area is 184 Å². The van der Waals surface area contributed by atoms with Crippen molar-refractivity contribution in [2.75, 3.05) is 0 Å². The Morgan fingerprint density at radius 2 is 1.82 bits per heavy atom. The SMILES string of the molecule is NC(=O)c1cccc2cn(-c3ccc(CNCc4ncco4)cc3)nc12.O=C(O)C(F)(F)F. The van der Waals surface area contributed by atoms with Gasteiger partial charge in [-0.05, 0) is 23.8 Å². The second-order valence-corrected chi connectivity index (χ2v) is 6.68. The number of carbonyl (C=O) groups excluding carboxylic acids is 1. The molecule has 0 fully saturated rings. The van der Waals surface area contributed by atoms with Gasteiger partial charge in [-0.25, -0.2) is 14.5 Å². The Bertz CT molecular complexity index is 1240. The molecule has 9 nitrogen and oxygen atoms in total. The van der Waals surface area contributed by atoms with Crippen LogP contribution in [0.4, 0.5) is 13.2 Å². The van der Waals surface area contributed by atoms with E-state index in [1.165, 1.54) is 0 Å². The number of fused-ring (bicyclic) bond motifs is 1. The molecule has 0 spiro atoms. The standard InChI is InChI=1S/C19H17N5O2.C2HF3O2/c20-19(25)16-3-1-2-14-12-24(23-18(14)16)15-6-4-13(5-7-15)10-21-11-17-22-8-9-26-17;3-2(4,5)1(6)7/h1-9,12,21H,10-11H2,(H2,20,25);(H,6,7). The third-order valence-corrected chi connectivity index (χ3v) is 4.33. The Hall–Kier alpha value is -4.19. The summed E-state index contributed by atoms with van der Waals surface area (Å²) in [6.45, 7) is 1.28. The van der Waals surface area contributed by atoms with Gasteiger partial charge in [0, 0.05) is 18.1 Å². The molecule has 0 unspecified atom stereocenters. The van der Waals surface area contributed by atoms with Crippen LogP contribution in [0.5, 0.6) is 0 Å². The van der Waals surface area contributed by atoms with Crippen LogP contribution in [0, 0.1) is 0 Å². The largest absolute Gasteiger partial charge is 0.490 e. The number of carboxylic acid groups (broad SMARTS) is 1. The first-order chi connectivity index (χ1) is 15.6. The van der Waals surface area contributed by atoms with Crippen molar-refractivity contribution in [3.05, 3.63) is 78.1 Å². The summed E-state index contributed by atoms with van der Waals surface area (Å²) in [5.41, 5.74) is 8.50. The number of benzene rings is 2. The molecule has 4 rings (SSSR count). The summed E-state index contributed by atoms with van der Waals surface area (Å²) < 4.78 is 38.7. The van der Waals surface area contributed by atoms with Crippen LogP contribution in [-0.4, -0.2) is 37.9 Å². The van der Waals surface area contributed by atoms with Crippen LogP contribution in [0.3, 0.4) is 0 Å². The molecule has 0 atom stereocenters. The number of carboxylic acids is 1. The third kappa shape index (κ3) is 6.17. The maximum Gasteiger partial charge on any atom is 0.490 e. The highest BCUT2D eigenvalue weighted by atomic mass is 19.4. The maximum absolute atomic E-state index is 11.5. The fourth-order valence-electron chi connectivity index (χ4n) is 2.80. The summed E-state index contributed by atoms with van der Waals surface area (Å²) in [6, 6.07) is 13.4. The fraction of sp³-hybridized carbons (Fsp3) is 0.143. The van der Waals surface area contributed by atoms with Crippen molar-refractivity contribution >= 4 is 22.8 Å². The average molecular weight is 461 g/mol. The summed E-state index contributed by atoms with van der Waals surface area (Å²) in [5, 5.41) is 15.8. The molecule has 1 amide bonds. The first-order valence-corrected chi connectivity index (χ1v) is 9.42. The van der Waals surface area contributed by atoms with E-state index >= 15 is 0 Å². The number of amides is 1. The molecule has 0 aliphatic carbocycles. The number of primary amides is 1. The van der Waals surface area contributed by atoms with E-state index in [1.807, 2.05) is 36.5 Å². The van der Waals surface area contributed by atoms with Crippen LogP contribution in [0.25, 0.3) is 16.6 Å². The Morgan fingerprint density at radius 3 is 2.39 bits per heavy atom. The van der Waals surface area contributed by atoms with Gasteiger partial charge < -0.3 is 20.6 Å². The second kappa shape index (κ2) is 9.96. The molecule has 4 N–H and O–H groups in total. The van der Waals surface area contributed by atoms with Crippen molar-refractivity contribution in [1.82, 2.24) is 20.1 Å². The summed E-state index contributed by atoms with van der Waals surface area (Å²) in [7, 11) is 0. The third-order valence-electron chi connectivity index (χ3n) is 4.33. The number of nitrogens with one attached hydrogen (secondary N) is 1. The minimum atomic E-state index is -5.08. The number of rotatable bonds is 6. The van der Waals surface area contributed by atoms with Crippen LogP contribution in [0.15, 0.2) is 65.5 Å². The zero-order valence-electron chi connectivity index (χ0n) is 16.9. The van der Waals surface area contributed by atoms with Gasteiger partial charge in [0.05, 0.1) is 24.0 Å². The molecular weight excluding hydrogens is 443 g/mol. The highest BCUT2D eigenvalue weighted by molar-refractivity contribution is 6.04. The van der Waals surface area contributed by atoms with Gasteiger partial charge in [0.25, 0.3) is 5.91 Å². The van der Waals surface area contributed by atoms with Crippen LogP contribution in [-0.2, 0) is 17.9 Å². The maximum atomic E-state index is 11.5. The molecule has 0 bridgehead atoms. The van der Waals surface area contributed by atoms with E-state index in [2.05, 4.69) is 15.4 Å². The van der Waals surface area contributed by atoms with Gasteiger partial charge in [-0.2, -0.15) is 18.3 Å². The van der Waals surface area contributed by atoms with Gasteiger partial charge in [-0.3, -0.25) is 4.79 Å². The Balaban J connectivity index is 0.000000383. The number of carbonyl (C=O) groups is 2. The van der Waals surface area contributed by atoms with E-state index in [1.54, 1.807) is 29.3 Å². The van der Waals surface area contributed by atoms with Gasteiger partial charge in [-0.1, -0.05) is 24.3 Å². The molecule has 0 aliphatic rings. The van der Waals surface area contributed by atoms with Gasteiger partial charge >= 0.3 is 12.1 Å². The van der Waals surface area contributed by atoms with Crippen molar-refractivity contribution in [1.29, 1.82) is 0 Å². The van der Waals surface area contributed by atoms with Crippen molar-refractivity contribution in [2.45, 2.75) is 19.3 Å². The van der Waals surface area contributed by atoms with Gasteiger partial charge in [-0.15, -0.1) is 0 Å². The molecule has 33 heavy (non-hydrogen) atoms. The lowest BCUT2D eigenvalue weighted by Crippen LogP contribution is -2.21. The van der Waals surface area contributed by atoms with Crippen LogP contribution < -0.4 is 11.1 Å². The van der Waals surface area contributed by atoms with Crippen molar-refractivity contribution in [3.63, 3.8) is 0 Å². The Kier molecular flexibility index (Phi) is 7.08. The first kappa shape index (κ1) is 23.5. The molecule has 172 valence electrons. The van der Waals surface area contributed by atoms with Gasteiger partial charge in [0.15, 0.2) is 0 Å². The lowest BCUT2D eigenvalue weighted by atomic mass is 10.1. The summed E-state index contributed by atoms with van der Waals surface area (Å²) in [6.07, 6.45) is -0.00930. The number of alkyl halides is 3. The first-order valence-electron chi connectivity index (χ1n) is 9.42. The smallest absolute Gasteiger partial charge is 0.475 e. The quantitative estimate of drug-likeness (QED) is 0.401. The van der Waals surface area contributed by atoms with Crippen molar-refractivity contribution in [3.8, 4) is 5.69 Å². The lowest BCUT2D eigenvalue weighted by Gasteiger charge is -2.05. The average Bonchev–Trinajstić information content (AvgIpc) is 3.43. The van der Waals surface area contributed by atoms with E-state index in [4.69, 9.17) is 20.1 Å². The molecule has 0 radical (unpaired) electrons. The number of hydrogen-bond acceptors (Lipinski definition) is 6. The van der Waals surface area contributed by atoms with E-state index in [9.17, 15) is 18.0 Å². The molecule has 2 heterocycles. The van der Waals surface area contributed by atoms with E-state index in [0.717, 1.165) is 16.6 Å². The molecular formula is C21H18F3N5O4. The molecule has 12 heteroatoms. The Morgan fingerprint density at radius 1 is 1.12 bits per heavy atom. The number of halogens is 3. The van der Waals surface area contributed by atoms with Crippen LogP contribution in [0.2, 0.25) is 0 Å². The summed E-state index contributed by atoms with van der Waals surface area (Å²) in [5.74, 6) is -2.57. The van der Waals surface area contributed by atoms with Crippen molar-refractivity contribution < 1.29 is 32.3 Å². The minimum Gasteiger partial charge on any atom is -0.475 e. The topological polar surface area (TPSA) is 136 Å². The highest BCUT2D eigenvalue weighted by Gasteiger charge is 2.38. The fourth-order valence-corrected chi connectivity index (χ4v) is 2.80. The molecule has 2 aromatic heterocycles. The molecule has 0 aliphatic heterocycles. The van der Waals surface area contributed by atoms with E-state index in [-0.39, 0.29) is 0 Å². The van der Waals surface area contributed by atoms with Crippen molar-refractivity contribution in [2.24, 2.45) is 5.73 Å². The number of nitrogens with two attached hydrogens (primary N) is 1. The highest BCUT2D eigenvalue weighted by Crippen LogP contribution is 2.19. The number of nitrogens with zero attached hydrogens (tertiary/aromatic N) is 3. The van der Waals surface area contributed by atoms with Crippen LogP contribution >= 0.6 is 0 Å². The molecule has 0 saturated carbocycles. The lowest BCUT2D eigenvalue weighted by molar-refractivity contribution is -0.192. The zero-order valence-corrected chi connectivity index (χ0v) is 16.9. The molecule has 0 saturated heterocycles. The second-order valence-electron chi connectivity index (χ2n) is 6.68. The monoisotopic (exact) mass is 461 g/mol. The number of hydrogen-bond donors (Lipinski definition) is 3. The minimum absolute atomic E-state index is 0.425. The number of oxazole rings is 1. The zero-order chi connectivity index (χ0) is 24.0. The van der Waals surface area contributed by atoms with E-state index < -0.39 is 18.1 Å². The van der Waals surface area contributed by atoms with E-state index in [0.29, 0.717) is 30.1 Å². The van der Waals surface area contributed by atoms with Gasteiger partial charge in [0.2, 0.25) is 5.89 Å². The number of aliphatic carboxylic acids is 1. The van der Waals surface area contributed by atoms with Gasteiger partial charge in [0.1, 0.15) is 11.8 Å². The molecule has 4 aromatic rings. The normalized spacial score (nSPS) is 11.1. The predicted molar refractivity (Wildman–Crippen MR) is 110 cm³/mol. The molecule has 2 aromatic carbocycles. The predicted octanol–water partition coefficient (Wildman–Crippen LogP) is 3.04. The summed E-state index contributed by atoms with van der Waals surface area (Å²) >= 11 is 0. The summed E-state index contributed by atoms with van der Waals surface area (Å²) in [4.78, 5) is 24.5. The van der Waals surface area contributed by atoms with Crippen LogP contribution in [0.1, 0.15) is 21.8 Å².